The highest BCUT2D eigenvalue weighted by Gasteiger charge is 2.34. The number of likely N-dealkylation sites (N-methyl/N-ethyl adjacent to an activating group) is 1. The minimum atomic E-state index is -3.02. The van der Waals surface area contributed by atoms with E-state index in [0.29, 0.717) is 12.2 Å². The van der Waals surface area contributed by atoms with Crippen LogP contribution in [0.3, 0.4) is 0 Å². The molecule has 1 aliphatic rings. The third-order valence-electron chi connectivity index (χ3n) is 4.73. The maximum Gasteiger partial charge on any atom is 0.263 e. The van der Waals surface area contributed by atoms with E-state index in [2.05, 4.69) is 0 Å². The average Bonchev–Trinajstić information content (AvgIpc) is 3.01. The SMILES string of the molecule is C[C@@H](Oc1ccc(-c2ccccc2)cc1)C(=O)N(C)[C@@H]1CCS(=O)(=O)C1. The zero-order valence-electron chi connectivity index (χ0n) is 15.0. The average molecular weight is 373 g/mol. The van der Waals surface area contributed by atoms with Crippen LogP contribution < -0.4 is 4.74 Å². The monoisotopic (exact) mass is 373 g/mol. The van der Waals surface area contributed by atoms with E-state index in [-0.39, 0.29) is 23.5 Å². The summed E-state index contributed by atoms with van der Waals surface area (Å²) in [6.45, 7) is 1.69. The van der Waals surface area contributed by atoms with Crippen LogP contribution in [0.25, 0.3) is 11.1 Å². The number of hydrogen-bond donors (Lipinski definition) is 0. The molecule has 0 saturated carbocycles. The van der Waals surface area contributed by atoms with Gasteiger partial charge in [0.15, 0.2) is 15.9 Å². The van der Waals surface area contributed by atoms with Gasteiger partial charge in [-0.3, -0.25) is 4.79 Å². The van der Waals surface area contributed by atoms with E-state index in [1.165, 1.54) is 4.90 Å². The van der Waals surface area contributed by atoms with E-state index in [4.69, 9.17) is 4.74 Å². The van der Waals surface area contributed by atoms with Crippen molar-refractivity contribution in [3.8, 4) is 16.9 Å². The molecular weight excluding hydrogens is 350 g/mol. The van der Waals surface area contributed by atoms with Crippen LogP contribution in [0.15, 0.2) is 54.6 Å². The largest absolute Gasteiger partial charge is 0.481 e. The molecule has 138 valence electrons. The first-order valence-electron chi connectivity index (χ1n) is 8.65. The summed E-state index contributed by atoms with van der Waals surface area (Å²) in [5, 5.41) is 0. The summed E-state index contributed by atoms with van der Waals surface area (Å²) < 4.78 is 29.0. The molecule has 0 spiro atoms. The lowest BCUT2D eigenvalue weighted by Gasteiger charge is -2.26. The zero-order chi connectivity index (χ0) is 18.7. The van der Waals surface area contributed by atoms with Crippen LogP contribution in [-0.2, 0) is 14.6 Å². The molecule has 0 radical (unpaired) electrons. The molecule has 2 aromatic rings. The number of rotatable bonds is 5. The summed E-state index contributed by atoms with van der Waals surface area (Å²) in [6.07, 6.45) is -0.186. The number of hydrogen-bond acceptors (Lipinski definition) is 4. The molecule has 1 fully saturated rings. The van der Waals surface area contributed by atoms with E-state index >= 15 is 0 Å². The van der Waals surface area contributed by atoms with Crippen molar-refractivity contribution >= 4 is 15.7 Å². The van der Waals surface area contributed by atoms with Gasteiger partial charge in [-0.2, -0.15) is 0 Å². The van der Waals surface area contributed by atoms with Crippen LogP contribution in [0.1, 0.15) is 13.3 Å². The van der Waals surface area contributed by atoms with Crippen LogP contribution >= 0.6 is 0 Å². The van der Waals surface area contributed by atoms with E-state index < -0.39 is 15.9 Å². The summed E-state index contributed by atoms with van der Waals surface area (Å²) in [4.78, 5) is 14.0. The van der Waals surface area contributed by atoms with Crippen LogP contribution in [-0.4, -0.2) is 49.9 Å². The predicted molar refractivity (Wildman–Crippen MR) is 102 cm³/mol. The van der Waals surface area contributed by atoms with Gasteiger partial charge in [0.25, 0.3) is 5.91 Å². The first-order valence-corrected chi connectivity index (χ1v) is 10.5. The summed E-state index contributed by atoms with van der Waals surface area (Å²) in [7, 11) is -1.38. The zero-order valence-corrected chi connectivity index (χ0v) is 15.8. The molecule has 2 atom stereocenters. The normalized spacial score (nSPS) is 19.7. The Labute approximate surface area is 154 Å². The smallest absolute Gasteiger partial charge is 0.263 e. The van der Waals surface area contributed by atoms with Gasteiger partial charge in [0, 0.05) is 13.1 Å². The maximum atomic E-state index is 12.5. The van der Waals surface area contributed by atoms with E-state index in [0.717, 1.165) is 11.1 Å². The van der Waals surface area contributed by atoms with Crippen LogP contribution in [0.4, 0.5) is 0 Å². The van der Waals surface area contributed by atoms with Crippen LogP contribution in [0, 0.1) is 0 Å². The van der Waals surface area contributed by atoms with Crippen LogP contribution in [0.5, 0.6) is 5.75 Å². The number of amides is 1. The summed E-state index contributed by atoms with van der Waals surface area (Å²) in [6, 6.07) is 17.3. The molecule has 0 N–H and O–H groups in total. The molecule has 26 heavy (non-hydrogen) atoms. The molecule has 1 amide bonds. The Balaban J connectivity index is 1.62. The Hall–Kier alpha value is -2.34. The number of carbonyl (C=O) groups is 1. The predicted octanol–water partition coefficient (Wildman–Crippen LogP) is 2.77. The lowest BCUT2D eigenvalue weighted by Crippen LogP contribution is -2.44. The molecule has 0 bridgehead atoms. The quantitative estimate of drug-likeness (QED) is 0.808. The molecule has 6 heteroatoms. The minimum absolute atomic E-state index is 0.0354. The second kappa shape index (κ2) is 7.50. The number of benzene rings is 2. The molecule has 0 unspecified atom stereocenters. The summed E-state index contributed by atoms with van der Waals surface area (Å²) >= 11 is 0. The minimum Gasteiger partial charge on any atom is -0.481 e. The lowest BCUT2D eigenvalue weighted by atomic mass is 10.1. The van der Waals surface area contributed by atoms with E-state index in [1.54, 1.807) is 14.0 Å². The van der Waals surface area contributed by atoms with Gasteiger partial charge in [-0.15, -0.1) is 0 Å². The van der Waals surface area contributed by atoms with E-state index in [1.807, 2.05) is 54.6 Å². The molecule has 0 aromatic heterocycles. The fraction of sp³-hybridized carbons (Fsp3) is 0.350. The summed E-state index contributed by atoms with van der Waals surface area (Å²) in [5.74, 6) is 0.580. The van der Waals surface area contributed by atoms with Crippen molar-refractivity contribution in [3.05, 3.63) is 54.6 Å². The Morgan fingerprint density at radius 2 is 1.69 bits per heavy atom. The first-order chi connectivity index (χ1) is 12.4. The Bertz CT molecular complexity index is 862. The Kier molecular flexibility index (Phi) is 5.32. The van der Waals surface area contributed by atoms with Gasteiger partial charge in [-0.25, -0.2) is 8.42 Å². The van der Waals surface area contributed by atoms with Gasteiger partial charge in [0.05, 0.1) is 11.5 Å². The number of carbonyl (C=O) groups excluding carboxylic acids is 1. The Morgan fingerprint density at radius 1 is 1.08 bits per heavy atom. The molecule has 0 aliphatic carbocycles. The van der Waals surface area contributed by atoms with Crippen molar-refractivity contribution < 1.29 is 17.9 Å². The van der Waals surface area contributed by atoms with Crippen LogP contribution in [0.2, 0.25) is 0 Å². The topological polar surface area (TPSA) is 63.7 Å². The van der Waals surface area contributed by atoms with Gasteiger partial charge < -0.3 is 9.64 Å². The van der Waals surface area contributed by atoms with Crippen molar-refractivity contribution in [2.45, 2.75) is 25.5 Å². The van der Waals surface area contributed by atoms with Gasteiger partial charge in [0.2, 0.25) is 0 Å². The summed E-state index contributed by atoms with van der Waals surface area (Å²) in [5.41, 5.74) is 2.19. The van der Waals surface area contributed by atoms with Gasteiger partial charge in [-0.1, -0.05) is 42.5 Å². The third kappa shape index (κ3) is 4.25. The highest BCUT2D eigenvalue weighted by molar-refractivity contribution is 7.91. The van der Waals surface area contributed by atoms with Crippen molar-refractivity contribution in [3.63, 3.8) is 0 Å². The third-order valence-corrected chi connectivity index (χ3v) is 6.48. The first kappa shape index (κ1) is 18.5. The molecule has 3 rings (SSSR count). The van der Waals surface area contributed by atoms with E-state index in [9.17, 15) is 13.2 Å². The number of sulfone groups is 1. The van der Waals surface area contributed by atoms with Gasteiger partial charge in [-0.05, 0) is 36.6 Å². The number of ether oxygens (including phenoxy) is 1. The maximum absolute atomic E-state index is 12.5. The van der Waals surface area contributed by atoms with Gasteiger partial charge in [0.1, 0.15) is 5.75 Å². The standard InChI is InChI=1S/C20H23NO4S/c1-15(20(22)21(2)18-12-13-26(23,24)14-18)25-19-10-8-17(9-11-19)16-6-4-3-5-7-16/h3-11,15,18H,12-14H2,1-2H3/t15-,18-/m1/s1. The molecular formula is C20H23NO4S. The lowest BCUT2D eigenvalue weighted by molar-refractivity contribution is -0.138. The molecule has 1 aliphatic heterocycles. The molecule has 1 saturated heterocycles. The second-order valence-electron chi connectivity index (χ2n) is 6.66. The Morgan fingerprint density at radius 3 is 2.27 bits per heavy atom. The van der Waals surface area contributed by atoms with Crippen molar-refractivity contribution in [1.29, 1.82) is 0 Å². The number of nitrogens with zero attached hydrogens (tertiary/aromatic N) is 1. The highest BCUT2D eigenvalue weighted by Crippen LogP contribution is 2.23. The van der Waals surface area contributed by atoms with Crippen molar-refractivity contribution in [2.75, 3.05) is 18.6 Å². The highest BCUT2D eigenvalue weighted by atomic mass is 32.2. The molecule has 1 heterocycles. The molecule has 2 aromatic carbocycles. The van der Waals surface area contributed by atoms with Crippen molar-refractivity contribution in [2.24, 2.45) is 0 Å². The molecule has 5 nitrogen and oxygen atoms in total. The fourth-order valence-electron chi connectivity index (χ4n) is 3.16. The van der Waals surface area contributed by atoms with Crippen molar-refractivity contribution in [1.82, 2.24) is 4.90 Å². The second-order valence-corrected chi connectivity index (χ2v) is 8.89. The van der Waals surface area contributed by atoms with Gasteiger partial charge >= 0.3 is 0 Å². The fourth-order valence-corrected chi connectivity index (χ4v) is 4.93.